The van der Waals surface area contributed by atoms with Crippen LogP contribution in [0.25, 0.3) is 20.8 Å². The van der Waals surface area contributed by atoms with E-state index in [0.29, 0.717) is 21.0 Å². The van der Waals surface area contributed by atoms with Crippen molar-refractivity contribution in [2.75, 3.05) is 18.7 Å². The molecule has 4 rings (SSSR count). The molecule has 0 saturated carbocycles. The summed E-state index contributed by atoms with van der Waals surface area (Å²) in [5.74, 6) is 0.540. The highest BCUT2D eigenvalue weighted by atomic mass is 32.2. The van der Waals surface area contributed by atoms with Gasteiger partial charge in [-0.2, -0.15) is 0 Å². The lowest BCUT2D eigenvalue weighted by Crippen LogP contribution is -2.14. The molecule has 154 valence electrons. The van der Waals surface area contributed by atoms with Crippen LogP contribution in [0.15, 0.2) is 52.7 Å². The molecular weight excluding hydrogens is 442 g/mol. The average Bonchev–Trinajstić information content (AvgIpc) is 3.33. The number of amides is 1. The summed E-state index contributed by atoms with van der Waals surface area (Å²) in [5.41, 5.74) is 2.27. The van der Waals surface area contributed by atoms with Crippen molar-refractivity contribution in [2.24, 2.45) is 0 Å². The van der Waals surface area contributed by atoms with Gasteiger partial charge in [0.15, 0.2) is 15.0 Å². The SMILES string of the molecule is COc1ccc(-c2nc(CC(=O)Nc3nc4ccc(S(C)(=O)=O)cc4s3)cs2)cc1. The zero-order chi connectivity index (χ0) is 21.3. The fourth-order valence-corrected chi connectivity index (χ4v) is 5.24. The first-order valence-electron chi connectivity index (χ1n) is 8.81. The van der Waals surface area contributed by atoms with Gasteiger partial charge in [0.1, 0.15) is 10.8 Å². The summed E-state index contributed by atoms with van der Waals surface area (Å²) in [4.78, 5) is 21.5. The largest absolute Gasteiger partial charge is 0.497 e. The molecule has 7 nitrogen and oxygen atoms in total. The third kappa shape index (κ3) is 4.50. The first kappa shape index (κ1) is 20.5. The summed E-state index contributed by atoms with van der Waals surface area (Å²) in [7, 11) is -1.68. The molecule has 1 N–H and O–H groups in total. The number of ether oxygens (including phenoxy) is 1. The van der Waals surface area contributed by atoms with Crippen molar-refractivity contribution in [2.45, 2.75) is 11.3 Å². The average molecular weight is 460 g/mol. The molecule has 0 unspecified atom stereocenters. The van der Waals surface area contributed by atoms with Crippen molar-refractivity contribution in [3.05, 3.63) is 53.5 Å². The Morgan fingerprint density at radius 3 is 2.60 bits per heavy atom. The van der Waals surface area contributed by atoms with Crippen molar-refractivity contribution in [3.8, 4) is 16.3 Å². The number of anilines is 1. The molecular formula is C20H17N3O4S3. The minimum Gasteiger partial charge on any atom is -0.497 e. The second kappa shape index (κ2) is 8.13. The zero-order valence-corrected chi connectivity index (χ0v) is 18.5. The van der Waals surface area contributed by atoms with Gasteiger partial charge in [0, 0.05) is 17.2 Å². The zero-order valence-electron chi connectivity index (χ0n) is 16.1. The lowest BCUT2D eigenvalue weighted by atomic mass is 10.2. The minimum absolute atomic E-state index is 0.122. The third-order valence-corrected chi connectivity index (χ3v) is 7.25. The maximum absolute atomic E-state index is 12.4. The van der Waals surface area contributed by atoms with Gasteiger partial charge in [-0.25, -0.2) is 18.4 Å². The van der Waals surface area contributed by atoms with Crippen molar-refractivity contribution < 1.29 is 17.9 Å². The molecule has 2 heterocycles. The topological polar surface area (TPSA) is 98.2 Å². The maximum atomic E-state index is 12.4. The number of sulfone groups is 1. The normalized spacial score (nSPS) is 11.5. The van der Waals surface area contributed by atoms with Gasteiger partial charge in [0.2, 0.25) is 5.91 Å². The Kier molecular flexibility index (Phi) is 5.54. The Balaban J connectivity index is 1.45. The van der Waals surface area contributed by atoms with Crippen molar-refractivity contribution in [1.29, 1.82) is 0 Å². The van der Waals surface area contributed by atoms with E-state index in [1.54, 1.807) is 19.2 Å². The molecule has 0 saturated heterocycles. The standard InChI is InChI=1S/C20H17N3O4S3/c1-27-14-5-3-12(4-6-14)19-21-13(11-28-19)9-18(24)23-20-22-16-8-7-15(30(2,25)26)10-17(16)29-20/h3-8,10-11H,9H2,1-2H3,(H,22,23,24). The van der Waals surface area contributed by atoms with Crippen LogP contribution >= 0.6 is 22.7 Å². The fraction of sp³-hybridized carbons (Fsp3) is 0.150. The predicted molar refractivity (Wildman–Crippen MR) is 119 cm³/mol. The Morgan fingerprint density at radius 2 is 1.90 bits per heavy atom. The van der Waals surface area contributed by atoms with Crippen LogP contribution in [0, 0.1) is 0 Å². The number of benzene rings is 2. The van der Waals surface area contributed by atoms with Crippen molar-refractivity contribution >= 4 is 53.8 Å². The molecule has 4 aromatic rings. The summed E-state index contributed by atoms with van der Waals surface area (Å²) in [6.45, 7) is 0. The highest BCUT2D eigenvalue weighted by Crippen LogP contribution is 2.29. The van der Waals surface area contributed by atoms with Gasteiger partial charge in [-0.3, -0.25) is 4.79 Å². The lowest BCUT2D eigenvalue weighted by molar-refractivity contribution is -0.115. The van der Waals surface area contributed by atoms with E-state index < -0.39 is 9.84 Å². The number of methoxy groups -OCH3 is 1. The van der Waals surface area contributed by atoms with E-state index in [-0.39, 0.29) is 17.2 Å². The molecule has 30 heavy (non-hydrogen) atoms. The minimum atomic E-state index is -3.30. The van der Waals surface area contributed by atoms with Gasteiger partial charge in [0.25, 0.3) is 0 Å². The fourth-order valence-electron chi connectivity index (χ4n) is 2.77. The number of hydrogen-bond donors (Lipinski definition) is 1. The van der Waals surface area contributed by atoms with Crippen molar-refractivity contribution in [1.82, 2.24) is 9.97 Å². The molecule has 0 aliphatic rings. The first-order valence-corrected chi connectivity index (χ1v) is 12.4. The maximum Gasteiger partial charge on any atom is 0.232 e. The summed E-state index contributed by atoms with van der Waals surface area (Å²) < 4.78 is 29.3. The molecule has 2 aromatic carbocycles. The van der Waals surface area contributed by atoms with Gasteiger partial charge < -0.3 is 10.1 Å². The molecule has 0 spiro atoms. The quantitative estimate of drug-likeness (QED) is 0.468. The summed E-state index contributed by atoms with van der Waals surface area (Å²) in [5, 5.41) is 5.88. The molecule has 0 radical (unpaired) electrons. The van der Waals surface area contributed by atoms with Crippen LogP contribution in [0.4, 0.5) is 5.13 Å². The molecule has 10 heteroatoms. The molecule has 0 atom stereocenters. The Morgan fingerprint density at radius 1 is 1.13 bits per heavy atom. The molecule has 2 aromatic heterocycles. The summed E-state index contributed by atoms with van der Waals surface area (Å²) in [6.07, 6.45) is 1.28. The van der Waals surface area contributed by atoms with E-state index in [4.69, 9.17) is 4.74 Å². The van der Waals surface area contributed by atoms with E-state index in [0.717, 1.165) is 22.6 Å². The van der Waals surface area contributed by atoms with Crippen LogP contribution in [-0.2, 0) is 21.1 Å². The van der Waals surface area contributed by atoms with Gasteiger partial charge >= 0.3 is 0 Å². The Hall–Kier alpha value is -2.82. The van der Waals surface area contributed by atoms with Gasteiger partial charge in [-0.15, -0.1) is 11.3 Å². The predicted octanol–water partition coefficient (Wildman–Crippen LogP) is 4.01. The lowest BCUT2D eigenvalue weighted by Gasteiger charge is -2.00. The van der Waals surface area contributed by atoms with Crippen LogP contribution in [-0.4, -0.2) is 37.7 Å². The van der Waals surface area contributed by atoms with E-state index in [9.17, 15) is 13.2 Å². The molecule has 1 amide bonds. The van der Waals surface area contributed by atoms with Gasteiger partial charge in [-0.1, -0.05) is 11.3 Å². The van der Waals surface area contributed by atoms with Gasteiger partial charge in [-0.05, 0) is 42.5 Å². The number of nitrogens with one attached hydrogen (secondary N) is 1. The smallest absolute Gasteiger partial charge is 0.232 e. The van der Waals surface area contributed by atoms with E-state index in [1.807, 2.05) is 29.6 Å². The number of hydrogen-bond acceptors (Lipinski definition) is 8. The number of aromatic nitrogens is 2. The van der Waals surface area contributed by atoms with Crippen LogP contribution in [0.2, 0.25) is 0 Å². The van der Waals surface area contributed by atoms with Gasteiger partial charge in [0.05, 0.1) is 34.3 Å². The van der Waals surface area contributed by atoms with Crippen LogP contribution < -0.4 is 10.1 Å². The van der Waals surface area contributed by atoms with Crippen LogP contribution in [0.3, 0.4) is 0 Å². The molecule has 0 aliphatic heterocycles. The number of thiazole rings is 2. The number of nitrogens with zero attached hydrogens (tertiary/aromatic N) is 2. The number of carbonyl (C=O) groups is 1. The monoisotopic (exact) mass is 459 g/mol. The Bertz CT molecular complexity index is 1330. The first-order chi connectivity index (χ1) is 14.3. The molecule has 0 fully saturated rings. The summed E-state index contributed by atoms with van der Waals surface area (Å²) >= 11 is 2.71. The summed E-state index contributed by atoms with van der Waals surface area (Å²) in [6, 6.07) is 12.3. The second-order valence-corrected chi connectivity index (χ2v) is 10.4. The highest BCUT2D eigenvalue weighted by molar-refractivity contribution is 7.90. The van der Waals surface area contributed by atoms with E-state index in [1.165, 1.54) is 28.7 Å². The number of carbonyl (C=O) groups excluding carboxylic acids is 1. The molecule has 0 aliphatic carbocycles. The highest BCUT2D eigenvalue weighted by Gasteiger charge is 2.14. The Labute approximate surface area is 181 Å². The van der Waals surface area contributed by atoms with Crippen molar-refractivity contribution in [3.63, 3.8) is 0 Å². The third-order valence-electron chi connectivity index (χ3n) is 4.26. The number of fused-ring (bicyclic) bond motifs is 1. The number of rotatable bonds is 6. The van der Waals surface area contributed by atoms with Crippen LogP contribution in [0.1, 0.15) is 5.69 Å². The van der Waals surface area contributed by atoms with Crippen LogP contribution in [0.5, 0.6) is 5.75 Å². The molecule has 0 bridgehead atoms. The van der Waals surface area contributed by atoms with E-state index >= 15 is 0 Å². The second-order valence-electron chi connectivity index (χ2n) is 6.52. The van der Waals surface area contributed by atoms with E-state index in [2.05, 4.69) is 15.3 Å².